The van der Waals surface area contributed by atoms with Crippen molar-refractivity contribution in [3.05, 3.63) is 0 Å². The van der Waals surface area contributed by atoms with Gasteiger partial charge >= 0.3 is 0 Å². The molecule has 102 valence electrons. The maximum absolute atomic E-state index is 12.0. The smallest absolute Gasteiger partial charge is 0.237 e. The predicted molar refractivity (Wildman–Crippen MR) is 73.1 cm³/mol. The summed E-state index contributed by atoms with van der Waals surface area (Å²) in [5, 5.41) is 6.35. The zero-order valence-corrected chi connectivity index (χ0v) is 12.4. The highest BCUT2D eigenvalue weighted by Gasteiger charge is 2.22. The lowest BCUT2D eigenvalue weighted by Gasteiger charge is -2.28. The van der Waals surface area contributed by atoms with Crippen LogP contribution in [0.5, 0.6) is 0 Å². The number of rotatable bonds is 7. The van der Waals surface area contributed by atoms with Gasteiger partial charge in [0.05, 0.1) is 6.04 Å². The minimum absolute atomic E-state index is 0.0717. The summed E-state index contributed by atoms with van der Waals surface area (Å²) in [7, 11) is 4.06. The summed E-state index contributed by atoms with van der Waals surface area (Å²) in [6.45, 7) is 11.1. The number of hydrogen-bond acceptors (Lipinski definition) is 3. The molecule has 0 aromatic carbocycles. The second-order valence-corrected chi connectivity index (χ2v) is 5.78. The molecule has 2 unspecified atom stereocenters. The summed E-state index contributed by atoms with van der Waals surface area (Å²) in [5.41, 5.74) is -0.127. The van der Waals surface area contributed by atoms with Crippen LogP contribution in [0.15, 0.2) is 0 Å². The Balaban J connectivity index is 4.14. The minimum Gasteiger partial charge on any atom is -0.350 e. The molecule has 0 saturated carbocycles. The molecule has 1 amide bonds. The Kier molecular flexibility index (Phi) is 6.72. The summed E-state index contributed by atoms with van der Waals surface area (Å²) < 4.78 is 0. The van der Waals surface area contributed by atoms with E-state index in [0.717, 1.165) is 13.0 Å². The maximum Gasteiger partial charge on any atom is 0.237 e. The molecule has 0 bridgehead atoms. The highest BCUT2D eigenvalue weighted by molar-refractivity contribution is 5.82. The van der Waals surface area contributed by atoms with Crippen molar-refractivity contribution in [2.75, 3.05) is 20.6 Å². The number of nitrogens with one attached hydrogen (secondary N) is 2. The van der Waals surface area contributed by atoms with Crippen LogP contribution in [0.25, 0.3) is 0 Å². The van der Waals surface area contributed by atoms with Crippen molar-refractivity contribution in [1.82, 2.24) is 15.5 Å². The molecule has 4 heteroatoms. The molecule has 0 heterocycles. The van der Waals surface area contributed by atoms with Crippen molar-refractivity contribution in [2.45, 2.75) is 58.7 Å². The molecule has 0 fully saturated rings. The van der Waals surface area contributed by atoms with Crippen molar-refractivity contribution in [1.29, 1.82) is 0 Å². The fourth-order valence-corrected chi connectivity index (χ4v) is 1.63. The van der Waals surface area contributed by atoms with Gasteiger partial charge in [-0.25, -0.2) is 0 Å². The Hall–Kier alpha value is -0.610. The third-order valence-corrected chi connectivity index (χ3v) is 2.91. The second-order valence-electron chi connectivity index (χ2n) is 5.78. The zero-order valence-electron chi connectivity index (χ0n) is 12.4. The molecule has 0 aliphatic heterocycles. The molecule has 0 aromatic heterocycles. The molecule has 2 atom stereocenters. The van der Waals surface area contributed by atoms with Crippen LogP contribution in [0.1, 0.15) is 41.0 Å². The average Bonchev–Trinajstić information content (AvgIpc) is 2.15. The largest absolute Gasteiger partial charge is 0.350 e. The molecule has 0 rings (SSSR count). The van der Waals surface area contributed by atoms with Crippen molar-refractivity contribution in [2.24, 2.45) is 0 Å². The van der Waals surface area contributed by atoms with Gasteiger partial charge in [-0.2, -0.15) is 0 Å². The topological polar surface area (TPSA) is 44.4 Å². The predicted octanol–water partition coefficient (Wildman–Crippen LogP) is 1.22. The Morgan fingerprint density at radius 3 is 2.24 bits per heavy atom. The molecule has 0 spiro atoms. The van der Waals surface area contributed by atoms with E-state index in [2.05, 4.69) is 29.4 Å². The van der Waals surface area contributed by atoms with Crippen LogP contribution in [-0.2, 0) is 4.79 Å². The van der Waals surface area contributed by atoms with E-state index in [9.17, 15) is 4.79 Å². The average molecular weight is 243 g/mol. The van der Waals surface area contributed by atoms with Crippen LogP contribution >= 0.6 is 0 Å². The molecular weight excluding hydrogens is 214 g/mol. The lowest BCUT2D eigenvalue weighted by atomic mass is 10.0. The lowest BCUT2D eigenvalue weighted by molar-refractivity contribution is -0.124. The SMILES string of the molecule is CCC(C)(C)NC(=O)C(C)NC(C)CN(C)C. The molecule has 0 aliphatic carbocycles. The first kappa shape index (κ1) is 16.4. The number of amides is 1. The first-order chi connectivity index (χ1) is 7.68. The van der Waals surface area contributed by atoms with Gasteiger partial charge in [-0.1, -0.05) is 6.92 Å². The quantitative estimate of drug-likeness (QED) is 0.706. The number of carbonyl (C=O) groups is 1. The Labute approximate surface area is 106 Å². The number of likely N-dealkylation sites (N-methyl/N-ethyl adjacent to an activating group) is 1. The van der Waals surface area contributed by atoms with E-state index in [-0.39, 0.29) is 17.5 Å². The second kappa shape index (κ2) is 6.97. The summed E-state index contributed by atoms with van der Waals surface area (Å²) >= 11 is 0. The van der Waals surface area contributed by atoms with Gasteiger partial charge in [0, 0.05) is 18.1 Å². The van der Waals surface area contributed by atoms with Gasteiger partial charge in [0.1, 0.15) is 0 Å². The third kappa shape index (κ3) is 7.34. The van der Waals surface area contributed by atoms with Crippen LogP contribution in [0, 0.1) is 0 Å². The molecule has 0 aliphatic rings. The fraction of sp³-hybridized carbons (Fsp3) is 0.923. The third-order valence-electron chi connectivity index (χ3n) is 2.91. The van der Waals surface area contributed by atoms with Gasteiger partial charge in [0.25, 0.3) is 0 Å². The molecule has 2 N–H and O–H groups in total. The van der Waals surface area contributed by atoms with Gasteiger partial charge in [0.15, 0.2) is 0 Å². The maximum atomic E-state index is 12.0. The van der Waals surface area contributed by atoms with E-state index in [1.807, 2.05) is 34.9 Å². The van der Waals surface area contributed by atoms with Crippen molar-refractivity contribution in [3.8, 4) is 0 Å². The summed E-state index contributed by atoms with van der Waals surface area (Å²) in [6, 6.07) is 0.145. The van der Waals surface area contributed by atoms with Crippen LogP contribution < -0.4 is 10.6 Å². The minimum atomic E-state index is -0.157. The van der Waals surface area contributed by atoms with Crippen LogP contribution in [0.3, 0.4) is 0 Å². The number of nitrogens with zero attached hydrogens (tertiary/aromatic N) is 1. The monoisotopic (exact) mass is 243 g/mol. The molecule has 17 heavy (non-hydrogen) atoms. The Morgan fingerprint density at radius 2 is 1.82 bits per heavy atom. The van der Waals surface area contributed by atoms with Gasteiger partial charge < -0.3 is 15.5 Å². The fourth-order valence-electron chi connectivity index (χ4n) is 1.63. The molecule has 4 nitrogen and oxygen atoms in total. The number of hydrogen-bond donors (Lipinski definition) is 2. The van der Waals surface area contributed by atoms with Crippen molar-refractivity contribution in [3.63, 3.8) is 0 Å². The first-order valence-electron chi connectivity index (χ1n) is 6.40. The summed E-state index contributed by atoms with van der Waals surface area (Å²) in [5.74, 6) is 0.0717. The lowest BCUT2D eigenvalue weighted by Crippen LogP contribution is -2.53. The summed E-state index contributed by atoms with van der Waals surface area (Å²) in [6.07, 6.45) is 0.929. The van der Waals surface area contributed by atoms with E-state index < -0.39 is 0 Å². The van der Waals surface area contributed by atoms with Gasteiger partial charge in [-0.15, -0.1) is 0 Å². The first-order valence-corrected chi connectivity index (χ1v) is 6.40. The highest BCUT2D eigenvalue weighted by Crippen LogP contribution is 2.07. The van der Waals surface area contributed by atoms with Crippen LogP contribution in [-0.4, -0.2) is 49.1 Å². The van der Waals surface area contributed by atoms with E-state index >= 15 is 0 Å². The summed E-state index contributed by atoms with van der Waals surface area (Å²) in [4.78, 5) is 14.1. The van der Waals surface area contributed by atoms with E-state index in [0.29, 0.717) is 6.04 Å². The van der Waals surface area contributed by atoms with Crippen molar-refractivity contribution >= 4 is 5.91 Å². The van der Waals surface area contributed by atoms with E-state index in [1.54, 1.807) is 0 Å². The molecule has 0 radical (unpaired) electrons. The van der Waals surface area contributed by atoms with Gasteiger partial charge in [0.2, 0.25) is 5.91 Å². The standard InChI is InChI=1S/C13H29N3O/c1-8-13(4,5)15-12(17)11(3)14-10(2)9-16(6)7/h10-11,14H,8-9H2,1-7H3,(H,15,17). The molecule has 0 saturated heterocycles. The van der Waals surface area contributed by atoms with Gasteiger partial charge in [-0.3, -0.25) is 4.79 Å². The number of carbonyl (C=O) groups excluding carboxylic acids is 1. The van der Waals surface area contributed by atoms with E-state index in [1.165, 1.54) is 0 Å². The van der Waals surface area contributed by atoms with Crippen LogP contribution in [0.4, 0.5) is 0 Å². The van der Waals surface area contributed by atoms with Gasteiger partial charge in [-0.05, 0) is 48.2 Å². The Morgan fingerprint density at radius 1 is 1.29 bits per heavy atom. The van der Waals surface area contributed by atoms with Crippen molar-refractivity contribution < 1.29 is 4.79 Å². The highest BCUT2D eigenvalue weighted by atomic mass is 16.2. The zero-order chi connectivity index (χ0) is 13.6. The van der Waals surface area contributed by atoms with E-state index in [4.69, 9.17) is 0 Å². The van der Waals surface area contributed by atoms with Crippen LogP contribution in [0.2, 0.25) is 0 Å². The molecule has 0 aromatic rings. The Bertz CT molecular complexity index is 239. The normalized spacial score (nSPS) is 15.8. The molecular formula is C13H29N3O.